The minimum absolute atomic E-state index is 0.0126. The quantitative estimate of drug-likeness (QED) is 0.894. The van der Waals surface area contributed by atoms with Crippen LogP contribution in [-0.2, 0) is 4.79 Å². The second-order valence-corrected chi connectivity index (χ2v) is 6.05. The van der Waals surface area contributed by atoms with Crippen LogP contribution in [0.1, 0.15) is 39.5 Å². The molecule has 0 aromatic heterocycles. The second kappa shape index (κ2) is 7.82. The lowest BCUT2D eigenvalue weighted by Gasteiger charge is -2.20. The maximum Gasteiger partial charge on any atom is 0.321 e. The highest BCUT2D eigenvalue weighted by atomic mass is 16.2. The van der Waals surface area contributed by atoms with Crippen molar-refractivity contribution in [1.29, 1.82) is 0 Å². The van der Waals surface area contributed by atoms with E-state index in [4.69, 9.17) is 0 Å². The molecule has 1 aliphatic rings. The standard InChI is InChI=1S/C17H25N3O2/c1-13(2)16(21)18-14-7-9-15(10-8-14)19-17(22)20-11-5-3-4-6-12-20/h7-10,13H,3-6,11-12H2,1-2H3,(H,18,21)(H,19,22). The maximum atomic E-state index is 12.2. The van der Waals surface area contributed by atoms with Crippen molar-refractivity contribution in [3.8, 4) is 0 Å². The number of urea groups is 1. The molecule has 120 valence electrons. The van der Waals surface area contributed by atoms with Crippen molar-refractivity contribution < 1.29 is 9.59 Å². The van der Waals surface area contributed by atoms with Gasteiger partial charge in [-0.05, 0) is 37.1 Å². The van der Waals surface area contributed by atoms with Gasteiger partial charge in [0.1, 0.15) is 0 Å². The molecule has 0 radical (unpaired) electrons. The van der Waals surface area contributed by atoms with Crippen molar-refractivity contribution in [3.63, 3.8) is 0 Å². The Hall–Kier alpha value is -2.04. The Morgan fingerprint density at radius 2 is 1.41 bits per heavy atom. The summed E-state index contributed by atoms with van der Waals surface area (Å²) < 4.78 is 0. The van der Waals surface area contributed by atoms with Crippen LogP contribution in [0.25, 0.3) is 0 Å². The number of likely N-dealkylation sites (tertiary alicyclic amines) is 1. The van der Waals surface area contributed by atoms with Gasteiger partial charge in [0.25, 0.3) is 0 Å². The number of benzene rings is 1. The summed E-state index contributed by atoms with van der Waals surface area (Å²) in [6.07, 6.45) is 4.56. The summed E-state index contributed by atoms with van der Waals surface area (Å²) in [7, 11) is 0. The lowest BCUT2D eigenvalue weighted by molar-refractivity contribution is -0.118. The highest BCUT2D eigenvalue weighted by Crippen LogP contribution is 2.16. The van der Waals surface area contributed by atoms with Crippen molar-refractivity contribution in [2.75, 3.05) is 23.7 Å². The van der Waals surface area contributed by atoms with Crippen LogP contribution in [0.3, 0.4) is 0 Å². The van der Waals surface area contributed by atoms with E-state index in [1.54, 1.807) is 12.1 Å². The molecule has 22 heavy (non-hydrogen) atoms. The van der Waals surface area contributed by atoms with Gasteiger partial charge in [-0.15, -0.1) is 0 Å². The van der Waals surface area contributed by atoms with Crippen molar-refractivity contribution in [2.45, 2.75) is 39.5 Å². The largest absolute Gasteiger partial charge is 0.326 e. The van der Waals surface area contributed by atoms with Gasteiger partial charge in [0.2, 0.25) is 5.91 Å². The number of nitrogens with zero attached hydrogens (tertiary/aromatic N) is 1. The van der Waals surface area contributed by atoms with Crippen molar-refractivity contribution >= 4 is 23.3 Å². The topological polar surface area (TPSA) is 61.4 Å². The summed E-state index contributed by atoms with van der Waals surface area (Å²) in [4.78, 5) is 25.7. The molecule has 0 unspecified atom stereocenters. The molecule has 5 heteroatoms. The fourth-order valence-electron chi connectivity index (χ4n) is 2.40. The third kappa shape index (κ3) is 4.76. The normalized spacial score (nSPS) is 15.3. The molecule has 0 aliphatic carbocycles. The average molecular weight is 303 g/mol. The Labute approximate surface area is 132 Å². The number of amides is 3. The van der Waals surface area contributed by atoms with E-state index in [-0.39, 0.29) is 17.9 Å². The van der Waals surface area contributed by atoms with Crippen LogP contribution in [0.4, 0.5) is 16.2 Å². The summed E-state index contributed by atoms with van der Waals surface area (Å²) in [5.74, 6) is -0.0660. The Bertz CT molecular complexity index is 503. The number of anilines is 2. The Balaban J connectivity index is 1.90. The van der Waals surface area contributed by atoms with Crippen LogP contribution in [0, 0.1) is 5.92 Å². The molecular weight excluding hydrogens is 278 g/mol. The zero-order valence-corrected chi connectivity index (χ0v) is 13.4. The molecule has 1 fully saturated rings. The molecule has 1 saturated heterocycles. The smallest absolute Gasteiger partial charge is 0.321 e. The molecule has 0 atom stereocenters. The molecule has 1 aliphatic heterocycles. The summed E-state index contributed by atoms with van der Waals surface area (Å²) in [6, 6.07) is 7.19. The zero-order chi connectivity index (χ0) is 15.9. The summed E-state index contributed by atoms with van der Waals surface area (Å²) in [6.45, 7) is 5.36. The van der Waals surface area contributed by atoms with Gasteiger partial charge in [0, 0.05) is 30.4 Å². The van der Waals surface area contributed by atoms with E-state index in [2.05, 4.69) is 10.6 Å². The molecule has 5 nitrogen and oxygen atoms in total. The van der Waals surface area contributed by atoms with Crippen molar-refractivity contribution in [1.82, 2.24) is 4.90 Å². The summed E-state index contributed by atoms with van der Waals surface area (Å²) >= 11 is 0. The molecule has 1 aromatic carbocycles. The van der Waals surface area contributed by atoms with E-state index in [1.165, 1.54) is 12.8 Å². The minimum Gasteiger partial charge on any atom is -0.326 e. The van der Waals surface area contributed by atoms with Crippen LogP contribution in [0.2, 0.25) is 0 Å². The number of nitrogens with one attached hydrogen (secondary N) is 2. The van der Waals surface area contributed by atoms with Crippen LogP contribution in [0.15, 0.2) is 24.3 Å². The lowest BCUT2D eigenvalue weighted by atomic mass is 10.2. The first-order valence-corrected chi connectivity index (χ1v) is 8.03. The fourth-order valence-corrected chi connectivity index (χ4v) is 2.40. The molecule has 0 spiro atoms. The third-order valence-corrected chi connectivity index (χ3v) is 3.82. The van der Waals surface area contributed by atoms with Gasteiger partial charge in [0.15, 0.2) is 0 Å². The number of hydrogen-bond acceptors (Lipinski definition) is 2. The van der Waals surface area contributed by atoms with Gasteiger partial charge in [0.05, 0.1) is 0 Å². The highest BCUT2D eigenvalue weighted by molar-refractivity contribution is 5.93. The average Bonchev–Trinajstić information content (AvgIpc) is 2.78. The van der Waals surface area contributed by atoms with Crippen molar-refractivity contribution in [2.24, 2.45) is 5.92 Å². The molecular formula is C17H25N3O2. The van der Waals surface area contributed by atoms with Gasteiger partial charge in [-0.1, -0.05) is 26.7 Å². The first kappa shape index (κ1) is 16.3. The number of rotatable bonds is 3. The van der Waals surface area contributed by atoms with Gasteiger partial charge >= 0.3 is 6.03 Å². The van der Waals surface area contributed by atoms with Gasteiger partial charge in [-0.3, -0.25) is 4.79 Å². The molecule has 1 heterocycles. The van der Waals surface area contributed by atoms with Gasteiger partial charge in [-0.25, -0.2) is 4.79 Å². The van der Waals surface area contributed by atoms with E-state index in [0.29, 0.717) is 0 Å². The van der Waals surface area contributed by atoms with Crippen LogP contribution in [0.5, 0.6) is 0 Å². The monoisotopic (exact) mass is 303 g/mol. The second-order valence-electron chi connectivity index (χ2n) is 6.05. The van der Waals surface area contributed by atoms with Gasteiger partial charge < -0.3 is 15.5 Å². The van der Waals surface area contributed by atoms with Gasteiger partial charge in [-0.2, -0.15) is 0 Å². The van der Waals surface area contributed by atoms with E-state index < -0.39 is 0 Å². The SMILES string of the molecule is CC(C)C(=O)Nc1ccc(NC(=O)N2CCCCCC2)cc1. The van der Waals surface area contributed by atoms with Crippen LogP contribution in [-0.4, -0.2) is 29.9 Å². The molecule has 0 saturated carbocycles. The van der Waals surface area contributed by atoms with E-state index >= 15 is 0 Å². The van der Waals surface area contributed by atoms with Crippen molar-refractivity contribution in [3.05, 3.63) is 24.3 Å². The molecule has 1 aromatic rings. The predicted molar refractivity (Wildman–Crippen MR) is 89.0 cm³/mol. The molecule has 2 N–H and O–H groups in total. The maximum absolute atomic E-state index is 12.2. The highest BCUT2D eigenvalue weighted by Gasteiger charge is 2.15. The summed E-state index contributed by atoms with van der Waals surface area (Å²) in [5, 5.41) is 5.75. The van der Waals surface area contributed by atoms with Crippen LogP contribution >= 0.6 is 0 Å². The first-order chi connectivity index (χ1) is 10.6. The Morgan fingerprint density at radius 3 is 1.91 bits per heavy atom. The van der Waals surface area contributed by atoms with E-state index in [0.717, 1.165) is 37.3 Å². The zero-order valence-electron chi connectivity index (χ0n) is 13.4. The van der Waals surface area contributed by atoms with E-state index in [1.807, 2.05) is 30.9 Å². The third-order valence-electron chi connectivity index (χ3n) is 3.82. The first-order valence-electron chi connectivity index (χ1n) is 8.03. The number of hydrogen-bond donors (Lipinski definition) is 2. The lowest BCUT2D eigenvalue weighted by Crippen LogP contribution is -2.35. The minimum atomic E-state index is -0.0533. The summed E-state index contributed by atoms with van der Waals surface area (Å²) in [5.41, 5.74) is 1.49. The molecule has 0 bridgehead atoms. The number of carbonyl (C=O) groups excluding carboxylic acids is 2. The number of carbonyl (C=O) groups is 2. The van der Waals surface area contributed by atoms with Crippen LogP contribution < -0.4 is 10.6 Å². The Kier molecular flexibility index (Phi) is 5.81. The molecule has 3 amide bonds. The van der Waals surface area contributed by atoms with E-state index in [9.17, 15) is 9.59 Å². The Morgan fingerprint density at radius 1 is 0.909 bits per heavy atom. The molecule has 2 rings (SSSR count). The predicted octanol–water partition coefficient (Wildman–Crippen LogP) is 3.69. The fraction of sp³-hybridized carbons (Fsp3) is 0.529.